The van der Waals surface area contributed by atoms with Gasteiger partial charge < -0.3 is 5.32 Å². The summed E-state index contributed by atoms with van der Waals surface area (Å²) >= 11 is 0. The average Bonchev–Trinajstić information content (AvgIpc) is 2.70. The molecule has 1 aliphatic carbocycles. The number of benzene rings is 2. The maximum absolute atomic E-state index is 3.87. The van der Waals surface area contributed by atoms with Crippen molar-refractivity contribution >= 4 is 5.57 Å². The van der Waals surface area contributed by atoms with E-state index in [4.69, 9.17) is 0 Å². The largest absolute Gasteiger partial charge is 0.309 e. The van der Waals surface area contributed by atoms with Gasteiger partial charge in [-0.15, -0.1) is 0 Å². The molecule has 2 aromatic rings. The van der Waals surface area contributed by atoms with Gasteiger partial charge in [-0.1, -0.05) is 79.9 Å². The summed E-state index contributed by atoms with van der Waals surface area (Å²) < 4.78 is 0. The van der Waals surface area contributed by atoms with Crippen LogP contribution in [-0.2, 0) is 5.41 Å². The van der Waals surface area contributed by atoms with Gasteiger partial charge in [-0.2, -0.15) is 0 Å². The summed E-state index contributed by atoms with van der Waals surface area (Å²) in [4.78, 5) is 0. The minimum Gasteiger partial charge on any atom is -0.309 e. The molecule has 1 heterocycles. The van der Waals surface area contributed by atoms with Crippen LogP contribution in [0.15, 0.2) is 60.7 Å². The monoisotopic (exact) mass is 331 g/mol. The molecule has 1 atom stereocenters. The Bertz CT molecular complexity index is 738. The van der Waals surface area contributed by atoms with Crippen molar-refractivity contribution in [2.24, 2.45) is 0 Å². The van der Waals surface area contributed by atoms with E-state index >= 15 is 0 Å². The summed E-state index contributed by atoms with van der Waals surface area (Å²) in [6.07, 6.45) is 10.3. The van der Waals surface area contributed by atoms with Crippen LogP contribution in [0.25, 0.3) is 5.57 Å². The lowest BCUT2D eigenvalue weighted by atomic mass is 9.63. The molecule has 130 valence electrons. The molecule has 0 amide bonds. The van der Waals surface area contributed by atoms with Gasteiger partial charge in [0.15, 0.2) is 0 Å². The smallest absolute Gasteiger partial charge is 0.0207 e. The van der Waals surface area contributed by atoms with Crippen LogP contribution >= 0.6 is 0 Å². The summed E-state index contributed by atoms with van der Waals surface area (Å²) in [6.45, 7) is 3.23. The highest BCUT2D eigenvalue weighted by Crippen LogP contribution is 2.45. The van der Waals surface area contributed by atoms with Gasteiger partial charge in [0, 0.05) is 18.0 Å². The van der Waals surface area contributed by atoms with Crippen LogP contribution in [0.5, 0.6) is 0 Å². The predicted octanol–water partition coefficient (Wildman–Crippen LogP) is 5.64. The fourth-order valence-electron chi connectivity index (χ4n) is 5.03. The summed E-state index contributed by atoms with van der Waals surface area (Å²) in [5.41, 5.74) is 6.20. The summed E-state index contributed by atoms with van der Waals surface area (Å²) in [5, 5.41) is 3.87. The lowest BCUT2D eigenvalue weighted by Gasteiger charge is -2.46. The molecule has 1 saturated carbocycles. The van der Waals surface area contributed by atoms with Crippen molar-refractivity contribution in [2.75, 3.05) is 6.54 Å². The summed E-state index contributed by atoms with van der Waals surface area (Å²) in [5.74, 6) is 0. The van der Waals surface area contributed by atoms with Crippen molar-refractivity contribution in [1.29, 1.82) is 0 Å². The summed E-state index contributed by atoms with van der Waals surface area (Å²) in [6, 6.07) is 20.7. The maximum atomic E-state index is 3.87. The van der Waals surface area contributed by atoms with Gasteiger partial charge in [-0.05, 0) is 48.4 Å². The van der Waals surface area contributed by atoms with E-state index in [9.17, 15) is 0 Å². The quantitative estimate of drug-likeness (QED) is 0.767. The van der Waals surface area contributed by atoms with Gasteiger partial charge in [-0.3, -0.25) is 0 Å². The van der Waals surface area contributed by atoms with Crippen LogP contribution < -0.4 is 5.32 Å². The van der Waals surface area contributed by atoms with E-state index in [0.717, 1.165) is 13.0 Å². The van der Waals surface area contributed by atoms with Crippen molar-refractivity contribution < 1.29 is 0 Å². The van der Waals surface area contributed by atoms with E-state index in [0.29, 0.717) is 11.5 Å². The first-order chi connectivity index (χ1) is 12.3. The van der Waals surface area contributed by atoms with Crippen LogP contribution in [-0.4, -0.2) is 12.6 Å². The zero-order valence-electron chi connectivity index (χ0n) is 15.3. The van der Waals surface area contributed by atoms with Crippen molar-refractivity contribution in [3.63, 3.8) is 0 Å². The minimum atomic E-state index is 0.293. The predicted molar refractivity (Wildman–Crippen MR) is 107 cm³/mol. The lowest BCUT2D eigenvalue weighted by Crippen LogP contribution is -2.51. The van der Waals surface area contributed by atoms with Crippen LogP contribution in [0.1, 0.15) is 55.2 Å². The molecule has 1 unspecified atom stereocenters. The second kappa shape index (κ2) is 7.17. The number of hydrogen-bond acceptors (Lipinski definition) is 1. The molecule has 1 N–H and O–H groups in total. The molecule has 0 aromatic heterocycles. The first-order valence-electron chi connectivity index (χ1n) is 9.83. The molecule has 0 radical (unpaired) electrons. The van der Waals surface area contributed by atoms with Crippen molar-refractivity contribution in [2.45, 2.75) is 56.9 Å². The van der Waals surface area contributed by atoms with Crippen LogP contribution in [0.3, 0.4) is 0 Å². The molecule has 1 heteroatoms. The first kappa shape index (κ1) is 16.6. The highest BCUT2D eigenvalue weighted by Gasteiger charge is 2.42. The minimum absolute atomic E-state index is 0.293. The molecule has 1 nitrogen and oxygen atoms in total. The molecule has 2 aliphatic rings. The fourth-order valence-corrected chi connectivity index (χ4v) is 5.03. The molecule has 0 spiro atoms. The van der Waals surface area contributed by atoms with Gasteiger partial charge in [0.1, 0.15) is 0 Å². The van der Waals surface area contributed by atoms with E-state index in [1.807, 2.05) is 0 Å². The third kappa shape index (κ3) is 3.18. The molecule has 1 aliphatic heterocycles. The van der Waals surface area contributed by atoms with Crippen molar-refractivity contribution in [3.05, 3.63) is 77.4 Å². The topological polar surface area (TPSA) is 12.0 Å². The van der Waals surface area contributed by atoms with Crippen molar-refractivity contribution in [3.8, 4) is 0 Å². The highest BCUT2D eigenvalue weighted by atomic mass is 14.9. The van der Waals surface area contributed by atoms with Gasteiger partial charge in [0.05, 0.1) is 0 Å². The highest BCUT2D eigenvalue weighted by molar-refractivity contribution is 5.69. The third-order valence-electron chi connectivity index (χ3n) is 6.39. The molecule has 25 heavy (non-hydrogen) atoms. The average molecular weight is 332 g/mol. The molecule has 2 aromatic carbocycles. The number of hydrogen-bond donors (Lipinski definition) is 1. The second-order valence-electron chi connectivity index (χ2n) is 7.79. The van der Waals surface area contributed by atoms with Gasteiger partial charge in [-0.25, -0.2) is 0 Å². The van der Waals surface area contributed by atoms with Gasteiger partial charge in [0.25, 0.3) is 0 Å². The molecule has 0 saturated heterocycles. The first-order valence-corrected chi connectivity index (χ1v) is 9.83. The number of rotatable bonds is 3. The van der Waals surface area contributed by atoms with Crippen LogP contribution in [0.2, 0.25) is 0 Å². The molecule has 4 rings (SSSR count). The Morgan fingerprint density at radius 1 is 0.880 bits per heavy atom. The normalized spacial score (nSPS) is 23.1. The fraction of sp³-hybridized carbons (Fsp3) is 0.417. The Kier molecular flexibility index (Phi) is 4.76. The van der Waals surface area contributed by atoms with E-state index in [1.54, 1.807) is 5.56 Å². The van der Waals surface area contributed by atoms with E-state index < -0.39 is 0 Å². The zero-order valence-corrected chi connectivity index (χ0v) is 15.3. The van der Waals surface area contributed by atoms with Gasteiger partial charge in [0.2, 0.25) is 0 Å². The van der Waals surface area contributed by atoms with E-state index in [1.165, 1.54) is 48.8 Å². The molecular formula is C24H29N. The SMILES string of the molecule is Cc1ccccc1C1=CCNC(C2(c3ccccc3)CCCCC2)C1. The molecule has 0 bridgehead atoms. The molecule has 1 fully saturated rings. The number of nitrogens with one attached hydrogen (secondary N) is 1. The van der Waals surface area contributed by atoms with Crippen molar-refractivity contribution in [1.82, 2.24) is 5.32 Å². The van der Waals surface area contributed by atoms with Crippen LogP contribution in [0.4, 0.5) is 0 Å². The van der Waals surface area contributed by atoms with E-state index in [2.05, 4.69) is 72.9 Å². The molecular weight excluding hydrogens is 302 g/mol. The van der Waals surface area contributed by atoms with Crippen LogP contribution in [0, 0.1) is 6.92 Å². The summed E-state index contributed by atoms with van der Waals surface area (Å²) in [7, 11) is 0. The lowest BCUT2D eigenvalue weighted by molar-refractivity contribution is 0.215. The zero-order chi connectivity index (χ0) is 17.1. The Balaban J connectivity index is 1.67. The Labute approximate surface area is 152 Å². The Morgan fingerprint density at radius 2 is 1.60 bits per heavy atom. The Morgan fingerprint density at radius 3 is 2.36 bits per heavy atom. The standard InChI is InChI=1S/C24H29N/c1-19-10-6-7-13-22(19)20-14-17-25-23(18-20)24(15-8-3-9-16-24)21-11-4-2-5-12-21/h2,4-7,10-14,23,25H,3,8-9,15-18H2,1H3. The number of aryl methyl sites for hydroxylation is 1. The Hall–Kier alpha value is -1.86. The third-order valence-corrected chi connectivity index (χ3v) is 6.39. The van der Waals surface area contributed by atoms with Gasteiger partial charge >= 0.3 is 0 Å². The maximum Gasteiger partial charge on any atom is 0.0207 e. The van der Waals surface area contributed by atoms with E-state index in [-0.39, 0.29) is 0 Å². The second-order valence-corrected chi connectivity index (χ2v) is 7.79.